The molecule has 0 aromatic carbocycles. The first kappa shape index (κ1) is 12.8. The van der Waals surface area contributed by atoms with Crippen LogP contribution in [0, 0.1) is 0 Å². The number of rotatable bonds is 5. The SMILES string of the molecule is CCOc1cc(NC(C)(C)c2nccs2)ncn1. The van der Waals surface area contributed by atoms with E-state index in [1.54, 1.807) is 23.6 Å². The van der Waals surface area contributed by atoms with Crippen molar-refractivity contribution in [2.24, 2.45) is 0 Å². The van der Waals surface area contributed by atoms with Gasteiger partial charge in [-0.3, -0.25) is 0 Å². The zero-order valence-electron chi connectivity index (χ0n) is 10.7. The van der Waals surface area contributed by atoms with E-state index in [-0.39, 0.29) is 5.54 Å². The molecule has 0 spiro atoms. The highest BCUT2D eigenvalue weighted by Gasteiger charge is 2.23. The largest absolute Gasteiger partial charge is 0.478 e. The van der Waals surface area contributed by atoms with Crippen molar-refractivity contribution < 1.29 is 4.74 Å². The zero-order valence-corrected chi connectivity index (χ0v) is 11.5. The Hall–Kier alpha value is -1.69. The normalized spacial score (nSPS) is 11.3. The van der Waals surface area contributed by atoms with Gasteiger partial charge in [-0.15, -0.1) is 11.3 Å². The van der Waals surface area contributed by atoms with E-state index in [1.165, 1.54) is 6.33 Å². The van der Waals surface area contributed by atoms with Crippen LogP contribution in [-0.4, -0.2) is 21.6 Å². The molecule has 0 bridgehead atoms. The Bertz CT molecular complexity index is 499. The van der Waals surface area contributed by atoms with Crippen LogP contribution in [0.15, 0.2) is 24.0 Å². The third-order valence-corrected chi connectivity index (χ3v) is 3.44. The van der Waals surface area contributed by atoms with E-state index in [9.17, 15) is 0 Å². The van der Waals surface area contributed by atoms with Crippen LogP contribution >= 0.6 is 11.3 Å². The Morgan fingerprint density at radius 3 is 2.83 bits per heavy atom. The molecule has 0 aliphatic heterocycles. The van der Waals surface area contributed by atoms with Crippen LogP contribution in [0.1, 0.15) is 25.8 Å². The topological polar surface area (TPSA) is 59.9 Å². The van der Waals surface area contributed by atoms with Crippen molar-refractivity contribution in [3.63, 3.8) is 0 Å². The quantitative estimate of drug-likeness (QED) is 0.899. The van der Waals surface area contributed by atoms with E-state index in [1.807, 2.05) is 12.3 Å². The van der Waals surface area contributed by atoms with E-state index in [2.05, 4.69) is 34.1 Å². The van der Waals surface area contributed by atoms with Crippen molar-refractivity contribution in [2.45, 2.75) is 26.3 Å². The Morgan fingerprint density at radius 2 is 2.17 bits per heavy atom. The van der Waals surface area contributed by atoms with Crippen LogP contribution in [0.25, 0.3) is 0 Å². The average molecular weight is 264 g/mol. The summed E-state index contributed by atoms with van der Waals surface area (Å²) in [6.45, 7) is 6.64. The van der Waals surface area contributed by atoms with Gasteiger partial charge in [-0.2, -0.15) is 0 Å². The van der Waals surface area contributed by atoms with Crippen molar-refractivity contribution >= 4 is 17.2 Å². The highest BCUT2D eigenvalue weighted by Crippen LogP contribution is 2.26. The zero-order chi connectivity index (χ0) is 13.0. The monoisotopic (exact) mass is 264 g/mol. The van der Waals surface area contributed by atoms with Crippen molar-refractivity contribution in [2.75, 3.05) is 11.9 Å². The molecule has 0 saturated carbocycles. The van der Waals surface area contributed by atoms with Gasteiger partial charge in [0.15, 0.2) is 0 Å². The number of aromatic nitrogens is 3. The number of anilines is 1. The summed E-state index contributed by atoms with van der Waals surface area (Å²) in [5, 5.41) is 6.31. The second-order valence-corrected chi connectivity index (χ2v) is 5.16. The number of nitrogens with one attached hydrogen (secondary N) is 1. The summed E-state index contributed by atoms with van der Waals surface area (Å²) < 4.78 is 5.35. The number of hydrogen-bond donors (Lipinski definition) is 1. The van der Waals surface area contributed by atoms with E-state index >= 15 is 0 Å². The first-order valence-electron chi connectivity index (χ1n) is 5.75. The summed E-state index contributed by atoms with van der Waals surface area (Å²) in [6.07, 6.45) is 3.29. The molecule has 2 rings (SSSR count). The molecule has 5 nitrogen and oxygen atoms in total. The minimum Gasteiger partial charge on any atom is -0.478 e. The van der Waals surface area contributed by atoms with Crippen molar-refractivity contribution in [1.82, 2.24) is 15.0 Å². The first-order valence-corrected chi connectivity index (χ1v) is 6.63. The number of hydrogen-bond acceptors (Lipinski definition) is 6. The smallest absolute Gasteiger partial charge is 0.218 e. The predicted octanol–water partition coefficient (Wildman–Crippen LogP) is 2.68. The van der Waals surface area contributed by atoms with E-state index in [0.717, 1.165) is 10.8 Å². The van der Waals surface area contributed by atoms with Crippen LogP contribution in [0.5, 0.6) is 5.88 Å². The summed E-state index contributed by atoms with van der Waals surface area (Å²) in [4.78, 5) is 12.6. The molecular formula is C12H16N4OS. The molecule has 0 fully saturated rings. The number of ether oxygens (including phenoxy) is 1. The van der Waals surface area contributed by atoms with Crippen molar-refractivity contribution in [1.29, 1.82) is 0 Å². The van der Waals surface area contributed by atoms with Gasteiger partial charge in [0.1, 0.15) is 17.2 Å². The maximum absolute atomic E-state index is 5.35. The molecule has 0 saturated heterocycles. The van der Waals surface area contributed by atoms with Crippen LogP contribution in [0.2, 0.25) is 0 Å². The Labute approximate surface area is 110 Å². The van der Waals surface area contributed by atoms with Gasteiger partial charge in [-0.1, -0.05) is 0 Å². The Balaban J connectivity index is 2.16. The highest BCUT2D eigenvalue weighted by molar-refractivity contribution is 7.09. The van der Waals surface area contributed by atoms with Crippen LogP contribution in [-0.2, 0) is 5.54 Å². The molecule has 2 aromatic heterocycles. The van der Waals surface area contributed by atoms with Gasteiger partial charge < -0.3 is 10.1 Å². The first-order chi connectivity index (χ1) is 8.62. The molecule has 96 valence electrons. The summed E-state index contributed by atoms with van der Waals surface area (Å²) in [5.74, 6) is 1.30. The Kier molecular flexibility index (Phi) is 3.76. The molecule has 1 N–H and O–H groups in total. The fraction of sp³-hybridized carbons (Fsp3) is 0.417. The molecule has 0 aliphatic carbocycles. The van der Waals surface area contributed by atoms with Crippen molar-refractivity contribution in [3.8, 4) is 5.88 Å². The second-order valence-electron chi connectivity index (χ2n) is 4.26. The van der Waals surface area contributed by atoms with Gasteiger partial charge in [0.2, 0.25) is 5.88 Å². The molecule has 0 amide bonds. The van der Waals surface area contributed by atoms with Gasteiger partial charge in [0, 0.05) is 17.6 Å². The highest BCUT2D eigenvalue weighted by atomic mass is 32.1. The number of thiazole rings is 1. The number of nitrogens with zero attached hydrogens (tertiary/aromatic N) is 3. The average Bonchev–Trinajstić information content (AvgIpc) is 2.83. The maximum atomic E-state index is 5.35. The van der Waals surface area contributed by atoms with E-state index in [0.29, 0.717) is 12.5 Å². The van der Waals surface area contributed by atoms with Gasteiger partial charge in [0.05, 0.1) is 12.1 Å². The standard InChI is InChI=1S/C12H16N4OS/c1-4-17-10-7-9(14-8-15-10)16-12(2,3)11-13-5-6-18-11/h5-8H,4H2,1-3H3,(H,14,15,16). The molecule has 2 heterocycles. The molecular weight excluding hydrogens is 248 g/mol. The van der Waals surface area contributed by atoms with Gasteiger partial charge in [-0.25, -0.2) is 15.0 Å². The Morgan fingerprint density at radius 1 is 1.33 bits per heavy atom. The second kappa shape index (κ2) is 5.30. The minimum atomic E-state index is -0.272. The van der Waals surface area contributed by atoms with Gasteiger partial charge >= 0.3 is 0 Å². The molecule has 2 aromatic rings. The lowest BCUT2D eigenvalue weighted by molar-refractivity contribution is 0.326. The lowest BCUT2D eigenvalue weighted by Gasteiger charge is -2.24. The predicted molar refractivity (Wildman–Crippen MR) is 72.0 cm³/mol. The van der Waals surface area contributed by atoms with Gasteiger partial charge in [0.25, 0.3) is 0 Å². The molecule has 0 aliphatic rings. The van der Waals surface area contributed by atoms with Crippen LogP contribution in [0.4, 0.5) is 5.82 Å². The van der Waals surface area contributed by atoms with Crippen LogP contribution < -0.4 is 10.1 Å². The lowest BCUT2D eigenvalue weighted by Crippen LogP contribution is -2.28. The molecule has 18 heavy (non-hydrogen) atoms. The minimum absolute atomic E-state index is 0.272. The summed E-state index contributed by atoms with van der Waals surface area (Å²) in [7, 11) is 0. The molecule has 0 atom stereocenters. The fourth-order valence-electron chi connectivity index (χ4n) is 1.54. The third kappa shape index (κ3) is 2.95. The van der Waals surface area contributed by atoms with E-state index in [4.69, 9.17) is 4.74 Å². The molecule has 6 heteroatoms. The summed E-state index contributed by atoms with van der Waals surface area (Å²) in [5.41, 5.74) is -0.272. The fourth-order valence-corrected chi connectivity index (χ4v) is 2.26. The summed E-state index contributed by atoms with van der Waals surface area (Å²) >= 11 is 1.62. The lowest BCUT2D eigenvalue weighted by atomic mass is 10.1. The maximum Gasteiger partial charge on any atom is 0.218 e. The molecule has 0 radical (unpaired) electrons. The van der Waals surface area contributed by atoms with E-state index < -0.39 is 0 Å². The molecule has 0 unspecified atom stereocenters. The van der Waals surface area contributed by atoms with Crippen molar-refractivity contribution in [3.05, 3.63) is 29.0 Å². The third-order valence-electron chi connectivity index (χ3n) is 2.34. The summed E-state index contributed by atoms with van der Waals surface area (Å²) in [6, 6.07) is 1.79. The van der Waals surface area contributed by atoms with Gasteiger partial charge in [-0.05, 0) is 20.8 Å². The van der Waals surface area contributed by atoms with Crippen LogP contribution in [0.3, 0.4) is 0 Å².